The lowest BCUT2D eigenvalue weighted by Gasteiger charge is -2.20. The molecule has 0 heterocycles. The van der Waals surface area contributed by atoms with E-state index in [1.54, 1.807) is 0 Å². The fourth-order valence-electron chi connectivity index (χ4n) is 3.33. The van der Waals surface area contributed by atoms with Crippen LogP contribution in [0.25, 0.3) is 0 Å². The molecule has 2 aromatic rings. The average Bonchev–Trinajstić information content (AvgIpc) is 2.77. The number of nitrogens with one attached hydrogen (secondary N) is 2. The molecule has 0 unspecified atom stereocenters. The van der Waals surface area contributed by atoms with E-state index in [4.69, 9.17) is 9.47 Å². The van der Waals surface area contributed by atoms with Gasteiger partial charge in [0.05, 0.1) is 17.1 Å². The molecule has 0 aliphatic heterocycles. The first-order chi connectivity index (χ1) is 15.6. The molecule has 0 fully saturated rings. The molecule has 0 aliphatic rings. The fraction of sp³-hybridized carbons (Fsp3) is 0.417. The topological polar surface area (TPSA) is 120 Å². The van der Waals surface area contributed by atoms with Crippen LogP contribution in [0.2, 0.25) is 0 Å². The molecule has 2 aromatic carbocycles. The van der Waals surface area contributed by atoms with Gasteiger partial charge in [-0.2, -0.15) is 0 Å². The molecule has 178 valence electrons. The predicted molar refractivity (Wildman–Crippen MR) is 127 cm³/mol. The van der Waals surface area contributed by atoms with Gasteiger partial charge in [-0.3, -0.25) is 14.9 Å². The summed E-state index contributed by atoms with van der Waals surface area (Å²) in [4.78, 5) is 35.8. The van der Waals surface area contributed by atoms with Gasteiger partial charge in [0.15, 0.2) is 6.61 Å². The van der Waals surface area contributed by atoms with E-state index in [0.717, 1.165) is 22.9 Å². The highest BCUT2D eigenvalue weighted by Gasteiger charge is 2.20. The molecule has 1 amide bonds. The van der Waals surface area contributed by atoms with Gasteiger partial charge in [0.25, 0.3) is 11.6 Å². The summed E-state index contributed by atoms with van der Waals surface area (Å²) in [6.07, 6.45) is 0. The molecule has 0 spiro atoms. The number of hydrogen-bond acceptors (Lipinski definition) is 7. The van der Waals surface area contributed by atoms with Crippen molar-refractivity contribution < 1.29 is 24.0 Å². The van der Waals surface area contributed by atoms with Crippen molar-refractivity contribution in [3.63, 3.8) is 0 Å². The Kier molecular flexibility index (Phi) is 9.35. The zero-order chi connectivity index (χ0) is 24.5. The van der Waals surface area contributed by atoms with Gasteiger partial charge in [0, 0.05) is 25.4 Å². The number of carbonyl (C=O) groups is 2. The largest absolute Gasteiger partial charge is 0.452 e. The monoisotopic (exact) mass is 457 g/mol. The normalized spacial score (nSPS) is 10.9. The van der Waals surface area contributed by atoms with Crippen LogP contribution in [0.4, 0.5) is 17.1 Å². The molecule has 0 saturated heterocycles. The number of nitrogens with zero attached hydrogens (tertiary/aromatic N) is 1. The zero-order valence-electron chi connectivity index (χ0n) is 19.6. The van der Waals surface area contributed by atoms with Crippen LogP contribution in [0.5, 0.6) is 0 Å². The zero-order valence-corrected chi connectivity index (χ0v) is 19.6. The molecule has 2 rings (SSSR count). The number of hydrogen-bond donors (Lipinski definition) is 2. The lowest BCUT2D eigenvalue weighted by molar-refractivity contribution is -0.384. The summed E-state index contributed by atoms with van der Waals surface area (Å²) in [5, 5.41) is 17.1. The first kappa shape index (κ1) is 25.8. The van der Waals surface area contributed by atoms with Gasteiger partial charge in [0.2, 0.25) is 0 Å². The molecule has 2 N–H and O–H groups in total. The Bertz CT molecular complexity index is 977. The van der Waals surface area contributed by atoms with E-state index in [1.807, 2.05) is 45.9 Å². The Morgan fingerprint density at radius 3 is 2.24 bits per heavy atom. The van der Waals surface area contributed by atoms with E-state index in [2.05, 4.69) is 10.6 Å². The van der Waals surface area contributed by atoms with Crippen molar-refractivity contribution in [1.29, 1.82) is 0 Å². The standard InChI is InChI=1S/C24H31N3O6/c1-15(2)18-7-6-8-19(16(3)4)23(18)26-22(28)14-33-24(29)17-9-10-20(25-11-12-32-5)21(13-17)27(30)31/h6-10,13,15-16,25H,11-12,14H2,1-5H3,(H,26,28). The number of ether oxygens (including phenoxy) is 2. The van der Waals surface area contributed by atoms with Crippen molar-refractivity contribution in [2.45, 2.75) is 39.5 Å². The lowest BCUT2D eigenvalue weighted by Crippen LogP contribution is -2.22. The highest BCUT2D eigenvalue weighted by atomic mass is 16.6. The van der Waals surface area contributed by atoms with Crippen LogP contribution < -0.4 is 10.6 Å². The van der Waals surface area contributed by atoms with Crippen LogP contribution in [0.1, 0.15) is 61.0 Å². The fourth-order valence-corrected chi connectivity index (χ4v) is 3.33. The number of esters is 1. The minimum Gasteiger partial charge on any atom is -0.452 e. The minimum atomic E-state index is -0.821. The molecular weight excluding hydrogens is 426 g/mol. The molecule has 9 heteroatoms. The molecule has 0 atom stereocenters. The number of rotatable bonds is 11. The van der Waals surface area contributed by atoms with E-state index >= 15 is 0 Å². The van der Waals surface area contributed by atoms with Gasteiger partial charge in [-0.1, -0.05) is 45.9 Å². The van der Waals surface area contributed by atoms with E-state index < -0.39 is 23.4 Å². The Balaban J connectivity index is 2.10. The van der Waals surface area contributed by atoms with Gasteiger partial charge < -0.3 is 20.1 Å². The maximum absolute atomic E-state index is 12.6. The van der Waals surface area contributed by atoms with Crippen LogP contribution in [-0.4, -0.2) is 43.7 Å². The number of benzene rings is 2. The van der Waals surface area contributed by atoms with Crippen molar-refractivity contribution in [1.82, 2.24) is 0 Å². The molecule has 33 heavy (non-hydrogen) atoms. The van der Waals surface area contributed by atoms with E-state index in [-0.39, 0.29) is 28.8 Å². The van der Waals surface area contributed by atoms with Crippen molar-refractivity contribution in [2.24, 2.45) is 0 Å². The maximum atomic E-state index is 12.6. The number of anilines is 2. The average molecular weight is 458 g/mol. The van der Waals surface area contributed by atoms with Crippen molar-refractivity contribution >= 4 is 28.9 Å². The summed E-state index contributed by atoms with van der Waals surface area (Å²) < 4.78 is 10.0. The van der Waals surface area contributed by atoms with Gasteiger partial charge >= 0.3 is 5.97 Å². The highest BCUT2D eigenvalue weighted by molar-refractivity contribution is 5.97. The molecule has 0 aliphatic carbocycles. The quantitative estimate of drug-likeness (QED) is 0.217. The van der Waals surface area contributed by atoms with Crippen molar-refractivity contribution in [2.75, 3.05) is 37.5 Å². The molecular formula is C24H31N3O6. The second-order valence-corrected chi connectivity index (χ2v) is 8.15. The smallest absolute Gasteiger partial charge is 0.338 e. The number of nitro benzene ring substituents is 1. The molecule has 9 nitrogen and oxygen atoms in total. The number of amides is 1. The summed E-state index contributed by atoms with van der Waals surface area (Å²) in [6.45, 7) is 8.38. The SMILES string of the molecule is COCCNc1ccc(C(=O)OCC(=O)Nc2c(C(C)C)cccc2C(C)C)cc1[N+](=O)[O-]. The lowest BCUT2D eigenvalue weighted by atomic mass is 9.92. The first-order valence-corrected chi connectivity index (χ1v) is 10.8. The third kappa shape index (κ3) is 7.01. The second-order valence-electron chi connectivity index (χ2n) is 8.15. The summed E-state index contributed by atoms with van der Waals surface area (Å²) in [5.74, 6) is -0.917. The Morgan fingerprint density at radius 2 is 1.70 bits per heavy atom. The molecule has 0 saturated carbocycles. The van der Waals surface area contributed by atoms with Gasteiger partial charge in [-0.25, -0.2) is 4.79 Å². The number of para-hydroxylation sites is 1. The van der Waals surface area contributed by atoms with Crippen LogP contribution in [0.15, 0.2) is 36.4 Å². The molecule has 0 aromatic heterocycles. The van der Waals surface area contributed by atoms with E-state index in [1.165, 1.54) is 19.2 Å². The van der Waals surface area contributed by atoms with Crippen LogP contribution in [-0.2, 0) is 14.3 Å². The van der Waals surface area contributed by atoms with Crippen LogP contribution in [0, 0.1) is 10.1 Å². The van der Waals surface area contributed by atoms with Crippen LogP contribution in [0.3, 0.4) is 0 Å². The molecule has 0 bridgehead atoms. The Hall–Kier alpha value is -3.46. The Morgan fingerprint density at radius 1 is 1.06 bits per heavy atom. The second kappa shape index (κ2) is 12.0. The van der Waals surface area contributed by atoms with Gasteiger partial charge in [-0.05, 0) is 35.1 Å². The van der Waals surface area contributed by atoms with Gasteiger partial charge in [-0.15, -0.1) is 0 Å². The third-order valence-electron chi connectivity index (χ3n) is 5.02. The first-order valence-electron chi connectivity index (χ1n) is 10.8. The van der Waals surface area contributed by atoms with Crippen molar-refractivity contribution in [3.05, 3.63) is 63.2 Å². The van der Waals surface area contributed by atoms with Crippen molar-refractivity contribution in [3.8, 4) is 0 Å². The maximum Gasteiger partial charge on any atom is 0.338 e. The highest BCUT2D eigenvalue weighted by Crippen LogP contribution is 2.32. The predicted octanol–water partition coefficient (Wildman–Crippen LogP) is 4.70. The summed E-state index contributed by atoms with van der Waals surface area (Å²) in [6, 6.07) is 9.84. The Labute approximate surface area is 193 Å². The summed E-state index contributed by atoms with van der Waals surface area (Å²) in [5.41, 5.74) is 2.69. The number of carbonyl (C=O) groups excluding carboxylic acids is 2. The third-order valence-corrected chi connectivity index (χ3v) is 5.02. The number of nitro groups is 1. The summed E-state index contributed by atoms with van der Waals surface area (Å²) in [7, 11) is 1.52. The molecule has 0 radical (unpaired) electrons. The van der Waals surface area contributed by atoms with E-state index in [9.17, 15) is 19.7 Å². The summed E-state index contributed by atoms with van der Waals surface area (Å²) >= 11 is 0. The minimum absolute atomic E-state index is 0.0164. The van der Waals surface area contributed by atoms with E-state index in [0.29, 0.717) is 13.2 Å². The van der Waals surface area contributed by atoms with Gasteiger partial charge in [0.1, 0.15) is 5.69 Å². The van der Waals surface area contributed by atoms with Crippen LogP contribution >= 0.6 is 0 Å². The number of methoxy groups -OCH3 is 1.